The summed E-state index contributed by atoms with van der Waals surface area (Å²) < 4.78 is 37.5. The van der Waals surface area contributed by atoms with Crippen LogP contribution in [0.25, 0.3) is 0 Å². The van der Waals surface area contributed by atoms with Crippen molar-refractivity contribution in [2.24, 2.45) is 0 Å². The Morgan fingerprint density at radius 2 is 1.64 bits per heavy atom. The van der Waals surface area contributed by atoms with Gasteiger partial charge in [-0.05, 0) is 54.7 Å². The van der Waals surface area contributed by atoms with E-state index in [9.17, 15) is 13.2 Å². The monoisotopic (exact) mass is 362 g/mol. The number of anilines is 2. The molecule has 2 nitrogen and oxygen atoms in total. The van der Waals surface area contributed by atoms with Gasteiger partial charge in [0, 0.05) is 16.3 Å². The zero-order valence-electron chi connectivity index (χ0n) is 10.9. The van der Waals surface area contributed by atoms with Gasteiger partial charge in [-0.15, -0.1) is 0 Å². The van der Waals surface area contributed by atoms with Crippen molar-refractivity contribution < 1.29 is 13.2 Å². The van der Waals surface area contributed by atoms with Crippen molar-refractivity contribution in [3.8, 4) is 0 Å². The minimum Gasteiger partial charge on any atom is -0.332 e. The zero-order valence-corrected chi connectivity index (χ0v) is 13.3. The van der Waals surface area contributed by atoms with Crippen LogP contribution in [0.1, 0.15) is 0 Å². The van der Waals surface area contributed by atoms with Crippen LogP contribution in [-0.4, -0.2) is 10.9 Å². The fourth-order valence-corrected chi connectivity index (χ4v) is 2.50. The third-order valence-electron chi connectivity index (χ3n) is 2.51. The second kappa shape index (κ2) is 7.71. The summed E-state index contributed by atoms with van der Waals surface area (Å²) in [6.45, 7) is 0. The number of benzene rings is 2. The van der Waals surface area contributed by atoms with Crippen molar-refractivity contribution in [2.75, 3.05) is 10.6 Å². The Kier molecular flexibility index (Phi) is 5.93. The Morgan fingerprint density at radius 3 is 2.23 bits per heavy atom. The molecule has 22 heavy (non-hydrogen) atoms. The summed E-state index contributed by atoms with van der Waals surface area (Å²) in [4.78, 5) is 0.463. The zero-order chi connectivity index (χ0) is 16.1. The van der Waals surface area contributed by atoms with Crippen LogP contribution >= 0.6 is 35.6 Å². The Labute approximate surface area is 140 Å². The highest BCUT2D eigenvalue weighted by Gasteiger charge is 2.06. The maximum absolute atomic E-state index is 13.0. The molecule has 0 fully saturated rings. The molecule has 2 N–H and O–H groups in total. The third kappa shape index (κ3) is 5.08. The van der Waals surface area contributed by atoms with Gasteiger partial charge >= 0.3 is 0 Å². The molecule has 0 saturated heterocycles. The number of thioether (sulfide) groups is 1. The standard InChI is InChI=1S/C14H10ClF3N2S2/c15-11-7-9(3-6-12(11)16)20-14(21)19-8-1-4-10(5-2-8)22-13(17)18/h1-7,13H,(H2,19,20,21). The number of halogens is 4. The smallest absolute Gasteiger partial charge is 0.288 e. The van der Waals surface area contributed by atoms with Gasteiger partial charge in [0.25, 0.3) is 5.76 Å². The van der Waals surface area contributed by atoms with Crippen LogP contribution < -0.4 is 10.6 Å². The normalized spacial score (nSPS) is 10.6. The molecule has 0 aliphatic carbocycles. The summed E-state index contributed by atoms with van der Waals surface area (Å²) in [6, 6.07) is 10.5. The number of hydrogen-bond donors (Lipinski definition) is 2. The molecule has 2 rings (SSSR count). The Bertz CT molecular complexity index is 666. The summed E-state index contributed by atoms with van der Waals surface area (Å²) in [6.07, 6.45) is 0. The van der Waals surface area contributed by atoms with Gasteiger partial charge in [-0.2, -0.15) is 8.78 Å². The lowest BCUT2D eigenvalue weighted by Gasteiger charge is -2.11. The second-order valence-electron chi connectivity index (χ2n) is 4.11. The number of alkyl halides is 2. The fourth-order valence-electron chi connectivity index (χ4n) is 1.59. The molecule has 0 aliphatic rings. The molecular formula is C14H10ClF3N2S2. The van der Waals surface area contributed by atoms with E-state index in [1.165, 1.54) is 18.2 Å². The topological polar surface area (TPSA) is 24.1 Å². The van der Waals surface area contributed by atoms with E-state index < -0.39 is 11.6 Å². The molecule has 0 amide bonds. The van der Waals surface area contributed by atoms with Gasteiger partial charge in [0.2, 0.25) is 0 Å². The van der Waals surface area contributed by atoms with Gasteiger partial charge in [-0.3, -0.25) is 0 Å². The minimum absolute atomic E-state index is 0.0128. The first-order valence-electron chi connectivity index (χ1n) is 6.02. The molecule has 0 atom stereocenters. The van der Waals surface area contributed by atoms with E-state index >= 15 is 0 Å². The highest BCUT2D eigenvalue weighted by molar-refractivity contribution is 7.99. The van der Waals surface area contributed by atoms with Crippen LogP contribution in [0.4, 0.5) is 24.5 Å². The molecule has 116 valence electrons. The average molecular weight is 363 g/mol. The van der Waals surface area contributed by atoms with Gasteiger partial charge in [0.15, 0.2) is 5.11 Å². The van der Waals surface area contributed by atoms with E-state index in [0.717, 1.165) is 0 Å². The highest BCUT2D eigenvalue weighted by Crippen LogP contribution is 2.26. The Morgan fingerprint density at radius 1 is 1.05 bits per heavy atom. The minimum atomic E-state index is -2.45. The van der Waals surface area contributed by atoms with Crippen molar-refractivity contribution in [1.82, 2.24) is 0 Å². The molecule has 2 aromatic rings. The van der Waals surface area contributed by atoms with E-state index in [-0.39, 0.29) is 10.1 Å². The lowest BCUT2D eigenvalue weighted by Crippen LogP contribution is -2.19. The Hall–Kier alpha value is -1.44. The van der Waals surface area contributed by atoms with Crippen LogP contribution in [0.3, 0.4) is 0 Å². The number of nitrogens with one attached hydrogen (secondary N) is 2. The first-order valence-corrected chi connectivity index (χ1v) is 7.68. The quantitative estimate of drug-likeness (QED) is 0.546. The second-order valence-corrected chi connectivity index (χ2v) is 5.99. The maximum atomic E-state index is 13.0. The summed E-state index contributed by atoms with van der Waals surface area (Å²) in [5.41, 5.74) is 1.18. The predicted molar refractivity (Wildman–Crippen MR) is 89.6 cm³/mol. The predicted octanol–water partition coefficient (Wildman–Crippen LogP) is 5.60. The van der Waals surface area contributed by atoms with Crippen LogP contribution in [-0.2, 0) is 0 Å². The lowest BCUT2D eigenvalue weighted by atomic mass is 10.3. The maximum Gasteiger partial charge on any atom is 0.288 e. The van der Waals surface area contributed by atoms with E-state index in [1.807, 2.05) is 0 Å². The number of thiocarbonyl (C=S) groups is 1. The number of hydrogen-bond acceptors (Lipinski definition) is 2. The van der Waals surface area contributed by atoms with E-state index in [0.29, 0.717) is 28.0 Å². The molecule has 0 saturated carbocycles. The molecular weight excluding hydrogens is 353 g/mol. The van der Waals surface area contributed by atoms with E-state index in [1.54, 1.807) is 24.3 Å². The van der Waals surface area contributed by atoms with Crippen molar-refractivity contribution in [1.29, 1.82) is 0 Å². The summed E-state index contributed by atoms with van der Waals surface area (Å²) in [5, 5.41) is 6.00. The van der Waals surface area contributed by atoms with Gasteiger partial charge in [-0.25, -0.2) is 4.39 Å². The molecule has 0 aromatic heterocycles. The lowest BCUT2D eigenvalue weighted by molar-refractivity contribution is 0.252. The summed E-state index contributed by atoms with van der Waals surface area (Å²) >= 11 is 11.3. The van der Waals surface area contributed by atoms with Crippen LogP contribution in [0.2, 0.25) is 5.02 Å². The molecule has 0 bridgehead atoms. The third-order valence-corrected chi connectivity index (χ3v) is 3.73. The molecule has 0 radical (unpaired) electrons. The summed E-state index contributed by atoms with van der Waals surface area (Å²) in [7, 11) is 0. The first-order chi connectivity index (χ1) is 10.4. The molecule has 0 aliphatic heterocycles. The Balaban J connectivity index is 1.95. The highest BCUT2D eigenvalue weighted by atomic mass is 35.5. The van der Waals surface area contributed by atoms with Crippen molar-refractivity contribution in [3.63, 3.8) is 0 Å². The van der Waals surface area contributed by atoms with Gasteiger partial charge in [0.1, 0.15) is 5.82 Å². The average Bonchev–Trinajstić information content (AvgIpc) is 2.44. The van der Waals surface area contributed by atoms with E-state index in [2.05, 4.69) is 10.6 Å². The van der Waals surface area contributed by atoms with Crippen molar-refractivity contribution >= 4 is 52.1 Å². The fraction of sp³-hybridized carbons (Fsp3) is 0.0714. The van der Waals surface area contributed by atoms with Crippen LogP contribution in [0.5, 0.6) is 0 Å². The van der Waals surface area contributed by atoms with Gasteiger partial charge < -0.3 is 10.6 Å². The van der Waals surface area contributed by atoms with Crippen molar-refractivity contribution in [3.05, 3.63) is 53.3 Å². The summed E-state index contributed by atoms with van der Waals surface area (Å²) in [5.74, 6) is -2.97. The number of rotatable bonds is 4. The van der Waals surface area contributed by atoms with Gasteiger partial charge in [-0.1, -0.05) is 23.4 Å². The van der Waals surface area contributed by atoms with E-state index in [4.69, 9.17) is 23.8 Å². The molecule has 2 aromatic carbocycles. The van der Waals surface area contributed by atoms with Crippen LogP contribution in [0.15, 0.2) is 47.4 Å². The van der Waals surface area contributed by atoms with Gasteiger partial charge in [0.05, 0.1) is 5.02 Å². The van der Waals surface area contributed by atoms with Crippen molar-refractivity contribution in [2.45, 2.75) is 10.7 Å². The first kappa shape index (κ1) is 16.9. The molecule has 0 spiro atoms. The molecule has 8 heteroatoms. The van der Waals surface area contributed by atoms with Crippen LogP contribution in [0, 0.1) is 5.82 Å². The molecule has 0 unspecified atom stereocenters. The molecule has 0 heterocycles. The largest absolute Gasteiger partial charge is 0.332 e. The SMILES string of the molecule is Fc1ccc(NC(=S)Nc2ccc(SC(F)F)cc2)cc1Cl.